The van der Waals surface area contributed by atoms with Gasteiger partial charge >= 0.3 is 0 Å². The van der Waals surface area contributed by atoms with Crippen LogP contribution in [0.4, 0.5) is 0 Å². The number of nitrogens with one attached hydrogen (secondary N) is 2. The van der Waals surface area contributed by atoms with Crippen molar-refractivity contribution in [2.75, 3.05) is 26.2 Å². The number of alkyl halides is 1. The van der Waals surface area contributed by atoms with E-state index in [0.29, 0.717) is 12.8 Å². The van der Waals surface area contributed by atoms with E-state index in [1.807, 2.05) is 0 Å². The second-order valence-corrected chi connectivity index (χ2v) is 7.45. The van der Waals surface area contributed by atoms with Crippen molar-refractivity contribution < 1.29 is 4.15 Å². The van der Waals surface area contributed by atoms with Crippen molar-refractivity contribution in [3.63, 3.8) is 0 Å². The van der Waals surface area contributed by atoms with Crippen molar-refractivity contribution in [2.24, 2.45) is 5.92 Å². The summed E-state index contributed by atoms with van der Waals surface area (Å²) in [6, 6.07) is 0.257. The first-order valence-corrected chi connectivity index (χ1v) is 9.55. The minimum absolute atomic E-state index is 0.0103. The molecule has 130 valence electrons. The first kappa shape index (κ1) is 14.5. The monoisotopic (exact) mass is 332 g/mol. The van der Waals surface area contributed by atoms with Crippen molar-refractivity contribution in [1.82, 2.24) is 15.5 Å². The maximum Gasteiger partial charge on any atom is 0.123 e. The fourth-order valence-corrected chi connectivity index (χ4v) is 4.11. The molecule has 0 aromatic rings. The summed E-state index contributed by atoms with van der Waals surface area (Å²) in [5.74, 6) is 0.110. The van der Waals surface area contributed by atoms with Gasteiger partial charge in [0, 0.05) is 26.2 Å². The molecular formula is C18H36ClN3. The quantitative estimate of drug-likeness (QED) is 0.668. The summed E-state index contributed by atoms with van der Waals surface area (Å²) in [6.07, 6.45) is 4.00. The molecule has 7 unspecified atom stereocenters. The number of halogens is 1. The third kappa shape index (κ3) is 5.36. The van der Waals surface area contributed by atoms with Crippen LogP contribution in [0, 0.1) is 5.92 Å². The predicted octanol–water partition coefficient (Wildman–Crippen LogP) is 3.22. The van der Waals surface area contributed by atoms with Gasteiger partial charge < -0.3 is 15.5 Å². The molecule has 22 heavy (non-hydrogen) atoms. The Labute approximate surface area is 146 Å². The van der Waals surface area contributed by atoms with Gasteiger partial charge in [0.1, 0.15) is 1.41 Å². The smallest absolute Gasteiger partial charge is 0.123 e. The zero-order valence-corrected chi connectivity index (χ0v) is 15.2. The summed E-state index contributed by atoms with van der Waals surface area (Å²) < 4.78 is 25.4. The lowest BCUT2D eigenvalue weighted by Gasteiger charge is -2.44. The molecule has 0 aromatic carbocycles. The molecule has 2 aliphatic rings. The molecule has 7 atom stereocenters. The van der Waals surface area contributed by atoms with Crippen LogP contribution in [0.5, 0.6) is 0 Å². The summed E-state index contributed by atoms with van der Waals surface area (Å²) in [7, 11) is 0. The zero-order chi connectivity index (χ0) is 18.6. The Morgan fingerprint density at radius 3 is 2.91 bits per heavy atom. The standard InChI is InChI=1S/C18H36ClN3/c1-4-22(5-2)12-6-7-14(3)21-17-10-11-20-18-13-15(19)8-9-16(17)18/h14-18,20-21H,4-13H2,1-3H3/i9D,11D/hD. The third-order valence-electron chi connectivity index (χ3n) is 5.21. The van der Waals surface area contributed by atoms with E-state index in [1.54, 1.807) is 5.31 Å². The Morgan fingerprint density at radius 1 is 1.41 bits per heavy atom. The van der Waals surface area contributed by atoms with Crippen molar-refractivity contribution in [2.45, 2.75) is 82.8 Å². The highest BCUT2D eigenvalue weighted by Crippen LogP contribution is 2.33. The summed E-state index contributed by atoms with van der Waals surface area (Å²) in [5.41, 5.74) is 0. The van der Waals surface area contributed by atoms with Crippen LogP contribution < -0.4 is 10.6 Å². The highest BCUT2D eigenvalue weighted by Gasteiger charge is 2.37. The molecule has 2 N–H and O–H groups in total. The highest BCUT2D eigenvalue weighted by atomic mass is 35.5. The second kappa shape index (κ2) is 9.46. The van der Waals surface area contributed by atoms with Gasteiger partial charge in [-0.1, -0.05) is 13.8 Å². The fraction of sp³-hybridized carbons (Fsp3) is 1.00. The number of rotatable bonds is 8. The molecular weight excluding hydrogens is 294 g/mol. The van der Waals surface area contributed by atoms with Crippen molar-refractivity contribution in [3.05, 3.63) is 0 Å². The van der Waals surface area contributed by atoms with Crippen LogP contribution in [0.25, 0.3) is 0 Å². The molecule has 1 saturated carbocycles. The van der Waals surface area contributed by atoms with Gasteiger partial charge in [-0.25, -0.2) is 0 Å². The van der Waals surface area contributed by atoms with Gasteiger partial charge in [-0.3, -0.25) is 0 Å². The van der Waals surface area contributed by atoms with E-state index in [0.717, 1.165) is 38.9 Å². The maximum atomic E-state index is 8.69. The maximum absolute atomic E-state index is 8.69. The van der Waals surface area contributed by atoms with Crippen LogP contribution in [0.2, 0.25) is 1.41 Å². The number of hydrogen-bond acceptors (Lipinski definition) is 3. The largest absolute Gasteiger partial charge is 0.314 e. The molecule has 2 rings (SSSR count). The summed E-state index contributed by atoms with van der Waals surface area (Å²) in [5, 5.41) is 5.06. The second-order valence-electron chi connectivity index (χ2n) is 6.83. The molecule has 1 aliphatic heterocycles. The average molecular weight is 333 g/mol. The molecule has 0 spiro atoms. The predicted molar refractivity (Wildman–Crippen MR) is 96.8 cm³/mol. The lowest BCUT2D eigenvalue weighted by Crippen LogP contribution is -2.57. The topological polar surface area (TPSA) is 27.3 Å². The first-order chi connectivity index (χ1) is 11.9. The molecule has 0 bridgehead atoms. The van der Waals surface area contributed by atoms with Crippen LogP contribution in [0.3, 0.4) is 0 Å². The van der Waals surface area contributed by atoms with Crippen LogP contribution in [0.1, 0.15) is 62.0 Å². The molecule has 0 aromatic heterocycles. The highest BCUT2D eigenvalue weighted by molar-refractivity contribution is 6.20. The number of nitrogens with zero attached hydrogens (tertiary/aromatic N) is 1. The van der Waals surface area contributed by atoms with E-state index in [9.17, 15) is 0 Å². The summed E-state index contributed by atoms with van der Waals surface area (Å²) >= 11 is 6.31. The average Bonchev–Trinajstić information content (AvgIpc) is 2.56. The van der Waals surface area contributed by atoms with Crippen LogP contribution >= 0.6 is 11.6 Å². The Bertz CT molecular complexity index is 398. The van der Waals surface area contributed by atoms with Gasteiger partial charge in [-0.2, -0.15) is 0 Å². The molecule has 4 heteroatoms. The Kier molecular flexibility index (Phi) is 6.24. The van der Waals surface area contributed by atoms with Crippen LogP contribution in [0.15, 0.2) is 0 Å². The van der Waals surface area contributed by atoms with E-state index < -0.39 is 0 Å². The van der Waals surface area contributed by atoms with Crippen molar-refractivity contribution in [1.29, 1.82) is 0 Å². The minimum Gasteiger partial charge on any atom is -0.314 e. The van der Waals surface area contributed by atoms with E-state index in [2.05, 4.69) is 31.0 Å². The number of piperidine rings is 1. The lowest BCUT2D eigenvalue weighted by atomic mass is 9.76. The SMILES string of the molecule is [2H]C1CC(N([2H])C(C)CCCN(CC)CC)C2C([2H])CC(Cl)CC2N1. The zero-order valence-electron chi connectivity index (χ0n) is 17.5. The van der Waals surface area contributed by atoms with E-state index in [-0.39, 0.29) is 42.3 Å². The Morgan fingerprint density at radius 2 is 2.18 bits per heavy atom. The molecule has 1 aliphatic carbocycles. The molecule has 1 heterocycles. The van der Waals surface area contributed by atoms with Gasteiger partial charge in [0.2, 0.25) is 0 Å². The number of hydrogen-bond donors (Lipinski definition) is 2. The van der Waals surface area contributed by atoms with E-state index >= 15 is 0 Å². The molecule has 3 nitrogen and oxygen atoms in total. The molecule has 1 saturated heterocycles. The van der Waals surface area contributed by atoms with E-state index in [4.69, 9.17) is 15.8 Å². The molecule has 2 fully saturated rings. The normalized spacial score (nSPS) is 42.5. The molecule has 0 amide bonds. The van der Waals surface area contributed by atoms with Gasteiger partial charge in [0.25, 0.3) is 0 Å². The van der Waals surface area contributed by atoms with Crippen LogP contribution in [-0.2, 0) is 0 Å². The molecule has 0 radical (unpaired) electrons. The Hall–Kier alpha value is 0.170. The van der Waals surface area contributed by atoms with E-state index in [1.165, 1.54) is 0 Å². The number of fused-ring (bicyclic) bond motifs is 1. The Balaban J connectivity index is 1.94. The third-order valence-corrected chi connectivity index (χ3v) is 5.57. The summed E-state index contributed by atoms with van der Waals surface area (Å²) in [6.45, 7) is 9.39. The lowest BCUT2D eigenvalue weighted by molar-refractivity contribution is 0.153. The van der Waals surface area contributed by atoms with Crippen molar-refractivity contribution in [3.8, 4) is 0 Å². The first-order valence-electron chi connectivity index (χ1n) is 10.7. The summed E-state index contributed by atoms with van der Waals surface area (Å²) in [4.78, 5) is 2.42. The minimum atomic E-state index is -0.351. The van der Waals surface area contributed by atoms with Crippen molar-refractivity contribution >= 4 is 11.6 Å². The van der Waals surface area contributed by atoms with Gasteiger partial charge in [-0.05, 0) is 77.5 Å². The van der Waals surface area contributed by atoms with Gasteiger partial charge in [-0.15, -0.1) is 11.6 Å². The van der Waals surface area contributed by atoms with Gasteiger partial charge in [0.15, 0.2) is 0 Å². The van der Waals surface area contributed by atoms with Crippen LogP contribution in [-0.4, -0.2) is 54.6 Å². The fourth-order valence-electron chi connectivity index (χ4n) is 3.81. The van der Waals surface area contributed by atoms with Gasteiger partial charge in [0.05, 0.1) is 0 Å².